The highest BCUT2D eigenvalue weighted by atomic mass is 16.5. The average Bonchev–Trinajstić information content (AvgIpc) is 3.16. The summed E-state index contributed by atoms with van der Waals surface area (Å²) in [6.07, 6.45) is 5.64. The van der Waals surface area contributed by atoms with Crippen LogP contribution in [0.15, 0.2) is 85.0 Å². The summed E-state index contributed by atoms with van der Waals surface area (Å²) in [7, 11) is 12.1. The number of cyclic esters (lactones) is 1. The van der Waals surface area contributed by atoms with Crippen molar-refractivity contribution in [2.75, 3.05) is 57.0 Å². The SMILES string of the molecule is CN(C)c1ccc(C(=CC=CC2OC(=O)c3cc(N(C)C)ccc32)c2ccc(N(C)C)cc2)cc1. The summed E-state index contributed by atoms with van der Waals surface area (Å²) in [4.78, 5) is 18.6. The summed E-state index contributed by atoms with van der Waals surface area (Å²) in [5, 5.41) is 0. The summed E-state index contributed by atoms with van der Waals surface area (Å²) >= 11 is 0. The normalized spacial score (nSPS) is 14.5. The molecule has 3 aromatic rings. The first-order chi connectivity index (χ1) is 16.7. The van der Waals surface area contributed by atoms with E-state index in [0.717, 1.165) is 39.3 Å². The van der Waals surface area contributed by atoms with Crippen molar-refractivity contribution in [1.29, 1.82) is 0 Å². The molecule has 0 aromatic heterocycles. The van der Waals surface area contributed by atoms with Crippen LogP contribution in [0.2, 0.25) is 0 Å². The van der Waals surface area contributed by atoms with Gasteiger partial charge in [0.1, 0.15) is 6.10 Å². The van der Waals surface area contributed by atoms with Crippen molar-refractivity contribution in [3.8, 4) is 0 Å². The van der Waals surface area contributed by atoms with Crippen molar-refractivity contribution in [2.45, 2.75) is 6.10 Å². The topological polar surface area (TPSA) is 36.0 Å². The maximum Gasteiger partial charge on any atom is 0.339 e. The van der Waals surface area contributed by atoms with Crippen LogP contribution in [0, 0.1) is 0 Å². The summed E-state index contributed by atoms with van der Waals surface area (Å²) in [6, 6.07) is 23.0. The molecule has 0 aliphatic carbocycles. The molecule has 1 atom stereocenters. The van der Waals surface area contributed by atoms with Gasteiger partial charge in [-0.15, -0.1) is 0 Å². The Bertz CT molecular complexity index is 1200. The maximum atomic E-state index is 12.5. The molecule has 5 nitrogen and oxygen atoms in total. The molecule has 35 heavy (non-hydrogen) atoms. The fourth-order valence-corrected chi connectivity index (χ4v) is 4.12. The Labute approximate surface area is 208 Å². The lowest BCUT2D eigenvalue weighted by Crippen LogP contribution is -2.09. The monoisotopic (exact) mass is 467 g/mol. The molecule has 1 unspecified atom stereocenters. The molecule has 180 valence electrons. The van der Waals surface area contributed by atoms with E-state index in [2.05, 4.69) is 64.4 Å². The van der Waals surface area contributed by atoms with Gasteiger partial charge in [0.2, 0.25) is 0 Å². The molecule has 0 spiro atoms. The average molecular weight is 468 g/mol. The van der Waals surface area contributed by atoms with Gasteiger partial charge in [0.05, 0.1) is 5.56 Å². The Hall–Kier alpha value is -3.99. The summed E-state index contributed by atoms with van der Waals surface area (Å²) in [6.45, 7) is 0. The molecule has 1 aliphatic heterocycles. The number of carbonyl (C=O) groups is 1. The van der Waals surface area contributed by atoms with Crippen molar-refractivity contribution < 1.29 is 9.53 Å². The minimum absolute atomic E-state index is 0.277. The first-order valence-corrected chi connectivity index (χ1v) is 11.7. The number of hydrogen-bond acceptors (Lipinski definition) is 5. The molecule has 1 heterocycles. The Morgan fingerprint density at radius 3 is 1.69 bits per heavy atom. The van der Waals surface area contributed by atoms with Gasteiger partial charge in [-0.25, -0.2) is 4.79 Å². The van der Waals surface area contributed by atoms with E-state index < -0.39 is 6.10 Å². The largest absolute Gasteiger partial charge is 0.450 e. The van der Waals surface area contributed by atoms with Gasteiger partial charge in [0.25, 0.3) is 0 Å². The number of ether oxygens (including phenoxy) is 1. The van der Waals surface area contributed by atoms with E-state index >= 15 is 0 Å². The number of rotatable bonds is 7. The molecule has 0 saturated carbocycles. The molecule has 3 aromatic carbocycles. The third-order valence-corrected chi connectivity index (χ3v) is 6.25. The first kappa shape index (κ1) is 24.1. The summed E-state index contributed by atoms with van der Waals surface area (Å²) in [5.74, 6) is -0.277. The zero-order chi connectivity index (χ0) is 25.1. The van der Waals surface area contributed by atoms with Gasteiger partial charge in [-0.1, -0.05) is 42.5 Å². The third kappa shape index (κ3) is 5.24. The van der Waals surface area contributed by atoms with Crippen LogP contribution in [0.25, 0.3) is 5.57 Å². The van der Waals surface area contributed by atoms with E-state index in [-0.39, 0.29) is 5.97 Å². The standard InChI is InChI=1S/C30H33N3O2/c1-31(2)23-14-10-21(11-15-23)26(22-12-16-24(17-13-22)32(3)4)8-7-9-29-27-19-18-25(33(5)6)20-28(27)30(34)35-29/h7-20,29H,1-6H3. The Kier molecular flexibility index (Phi) is 6.97. The van der Waals surface area contributed by atoms with Gasteiger partial charge in [0, 0.05) is 64.9 Å². The third-order valence-electron chi connectivity index (χ3n) is 6.25. The molecule has 0 N–H and O–H groups in total. The van der Waals surface area contributed by atoms with E-state index in [1.807, 2.05) is 77.5 Å². The van der Waals surface area contributed by atoms with Crippen LogP contribution in [0.5, 0.6) is 0 Å². The quantitative estimate of drug-likeness (QED) is 0.325. The molecule has 0 saturated heterocycles. The van der Waals surface area contributed by atoms with Crippen molar-refractivity contribution in [3.63, 3.8) is 0 Å². The molecule has 1 aliphatic rings. The summed E-state index contributed by atoms with van der Waals surface area (Å²) < 4.78 is 5.66. The highest BCUT2D eigenvalue weighted by Gasteiger charge is 2.29. The van der Waals surface area contributed by atoms with E-state index in [1.165, 1.54) is 0 Å². The Morgan fingerprint density at radius 1 is 0.714 bits per heavy atom. The van der Waals surface area contributed by atoms with E-state index in [0.29, 0.717) is 5.56 Å². The van der Waals surface area contributed by atoms with E-state index in [4.69, 9.17) is 4.74 Å². The molecule has 0 bridgehead atoms. The fourth-order valence-electron chi connectivity index (χ4n) is 4.12. The number of anilines is 3. The number of hydrogen-bond donors (Lipinski definition) is 0. The van der Waals surface area contributed by atoms with Crippen LogP contribution in [0.3, 0.4) is 0 Å². The van der Waals surface area contributed by atoms with Gasteiger partial charge >= 0.3 is 5.97 Å². The number of esters is 1. The maximum absolute atomic E-state index is 12.5. The molecule has 4 rings (SSSR count). The number of allylic oxidation sites excluding steroid dienone is 2. The molecule has 0 radical (unpaired) electrons. The van der Waals surface area contributed by atoms with Crippen LogP contribution in [0.4, 0.5) is 17.1 Å². The predicted octanol–water partition coefficient (Wildman–Crippen LogP) is 5.78. The van der Waals surface area contributed by atoms with Crippen molar-refractivity contribution in [2.24, 2.45) is 0 Å². The van der Waals surface area contributed by atoms with Crippen LogP contribution >= 0.6 is 0 Å². The molecular formula is C30H33N3O2. The van der Waals surface area contributed by atoms with Crippen LogP contribution in [-0.2, 0) is 4.74 Å². The van der Waals surface area contributed by atoms with Gasteiger partial charge in [-0.3, -0.25) is 0 Å². The fraction of sp³-hybridized carbons (Fsp3) is 0.233. The minimum Gasteiger partial charge on any atom is -0.450 e. The first-order valence-electron chi connectivity index (χ1n) is 11.7. The summed E-state index contributed by atoms with van der Waals surface area (Å²) in [5.41, 5.74) is 8.16. The van der Waals surface area contributed by atoms with E-state index in [1.54, 1.807) is 0 Å². The highest BCUT2D eigenvalue weighted by molar-refractivity contribution is 5.95. The molecule has 0 amide bonds. The Morgan fingerprint density at radius 2 is 1.20 bits per heavy atom. The number of carbonyl (C=O) groups excluding carboxylic acids is 1. The van der Waals surface area contributed by atoms with Gasteiger partial charge in [-0.05, 0) is 59.2 Å². The number of fused-ring (bicyclic) bond motifs is 1. The molecular weight excluding hydrogens is 434 g/mol. The van der Waals surface area contributed by atoms with Crippen molar-refractivity contribution in [3.05, 3.63) is 107 Å². The molecule has 0 fully saturated rings. The second kappa shape index (κ2) is 10.1. The second-order valence-electron chi connectivity index (χ2n) is 9.34. The molecule has 5 heteroatoms. The highest BCUT2D eigenvalue weighted by Crippen LogP contribution is 2.34. The Balaban J connectivity index is 1.67. The number of nitrogens with zero attached hydrogens (tertiary/aromatic N) is 3. The van der Waals surface area contributed by atoms with Gasteiger partial charge in [0.15, 0.2) is 0 Å². The zero-order valence-corrected chi connectivity index (χ0v) is 21.3. The lowest BCUT2D eigenvalue weighted by molar-refractivity contribution is 0.0467. The van der Waals surface area contributed by atoms with Crippen molar-refractivity contribution in [1.82, 2.24) is 0 Å². The zero-order valence-electron chi connectivity index (χ0n) is 21.3. The predicted molar refractivity (Wildman–Crippen MR) is 147 cm³/mol. The van der Waals surface area contributed by atoms with Crippen LogP contribution in [0.1, 0.15) is 33.2 Å². The minimum atomic E-state index is -0.390. The second-order valence-corrected chi connectivity index (χ2v) is 9.34. The van der Waals surface area contributed by atoms with Crippen molar-refractivity contribution >= 4 is 28.6 Å². The van der Waals surface area contributed by atoms with Gasteiger partial charge in [-0.2, -0.15) is 0 Å². The number of benzene rings is 3. The van der Waals surface area contributed by atoms with Crippen LogP contribution < -0.4 is 14.7 Å². The lowest BCUT2D eigenvalue weighted by atomic mass is 9.96. The smallest absolute Gasteiger partial charge is 0.339 e. The van der Waals surface area contributed by atoms with Crippen LogP contribution in [-0.4, -0.2) is 48.3 Å². The van der Waals surface area contributed by atoms with Gasteiger partial charge < -0.3 is 19.4 Å². The van der Waals surface area contributed by atoms with E-state index in [9.17, 15) is 4.79 Å². The lowest BCUT2D eigenvalue weighted by Gasteiger charge is -2.16.